The summed E-state index contributed by atoms with van der Waals surface area (Å²) in [5.74, 6) is -1.87. The van der Waals surface area contributed by atoms with Crippen molar-refractivity contribution in [3.8, 4) is 0 Å². The zero-order chi connectivity index (χ0) is 24.5. The van der Waals surface area contributed by atoms with Crippen molar-refractivity contribution >= 4 is 6.03 Å². The van der Waals surface area contributed by atoms with Crippen molar-refractivity contribution in [3.63, 3.8) is 0 Å². The summed E-state index contributed by atoms with van der Waals surface area (Å²) in [6, 6.07) is -3.63. The van der Waals surface area contributed by atoms with Gasteiger partial charge in [0.25, 0.3) is 0 Å². The van der Waals surface area contributed by atoms with E-state index in [0.29, 0.717) is 19.1 Å². The Kier molecular flexibility index (Phi) is 6.95. The highest BCUT2D eigenvalue weighted by molar-refractivity contribution is 5.75. The average molecular weight is 477 g/mol. The molecule has 1 aromatic heterocycles. The summed E-state index contributed by atoms with van der Waals surface area (Å²) in [6.07, 6.45) is -14.2. The molecule has 32 heavy (non-hydrogen) atoms. The molecule has 2 aromatic rings. The number of carbonyl (C=O) groups excluding carboxylic acids is 1. The predicted octanol–water partition coefficient (Wildman–Crippen LogP) is 5.60. The molecule has 0 aliphatic rings. The Morgan fingerprint density at radius 3 is 2.00 bits per heavy atom. The minimum atomic E-state index is -5.12. The average Bonchev–Trinajstić information content (AvgIpc) is 2.63. The van der Waals surface area contributed by atoms with Gasteiger partial charge in [-0.15, -0.1) is 0 Å². The second-order valence-corrected chi connectivity index (χ2v) is 6.49. The predicted molar refractivity (Wildman–Crippen MR) is 89.7 cm³/mol. The number of hydrogen-bond donors (Lipinski definition) is 2. The van der Waals surface area contributed by atoms with Crippen molar-refractivity contribution in [1.82, 2.24) is 15.6 Å². The quantitative estimate of drug-likeness (QED) is 0.564. The van der Waals surface area contributed by atoms with Crippen LogP contribution in [0.4, 0.5) is 48.7 Å². The second kappa shape index (κ2) is 8.82. The van der Waals surface area contributed by atoms with Crippen LogP contribution in [0.5, 0.6) is 0 Å². The smallest absolute Gasteiger partial charge is 0.327 e. The molecule has 0 saturated heterocycles. The van der Waals surface area contributed by atoms with E-state index < -0.39 is 64.8 Å². The lowest BCUT2D eigenvalue weighted by Crippen LogP contribution is -2.48. The number of nitrogens with one attached hydrogen (secondary N) is 2. The number of alkyl halides is 9. The number of nitrogens with zero attached hydrogens (tertiary/aromatic N) is 1. The molecule has 2 unspecified atom stereocenters. The van der Waals surface area contributed by atoms with Gasteiger partial charge < -0.3 is 10.6 Å². The molecule has 176 valence electrons. The van der Waals surface area contributed by atoms with Gasteiger partial charge in [-0.2, -0.15) is 39.5 Å². The maximum Gasteiger partial charge on any atom is 0.419 e. The molecule has 0 bridgehead atoms. The molecule has 1 aromatic carbocycles. The van der Waals surface area contributed by atoms with Crippen LogP contribution in [0.1, 0.15) is 35.3 Å². The number of hydrogen-bond acceptors (Lipinski definition) is 2. The number of benzene rings is 1. The van der Waals surface area contributed by atoms with Crippen molar-refractivity contribution < 1.29 is 48.7 Å². The van der Waals surface area contributed by atoms with Gasteiger partial charge in [0.2, 0.25) is 0 Å². The molecule has 2 atom stereocenters. The van der Waals surface area contributed by atoms with Crippen molar-refractivity contribution in [3.05, 3.63) is 64.7 Å². The van der Waals surface area contributed by atoms with Crippen LogP contribution in [0.3, 0.4) is 0 Å². The van der Waals surface area contributed by atoms with Gasteiger partial charge >= 0.3 is 24.6 Å². The van der Waals surface area contributed by atoms with E-state index in [-0.39, 0.29) is 12.1 Å². The standard InChI is InChI=1S/C18H13F10N3O/c1-8(16(20,21)22)30-15(32)31-13(14-11(18(26,27)28)3-2-6-29-14)9-4-5-10(12(19)7-9)17(23,24)25/h2-8,13H,1H3,(H2,30,31,32). The van der Waals surface area contributed by atoms with E-state index in [1.165, 1.54) is 5.32 Å². The molecular weight excluding hydrogens is 464 g/mol. The highest BCUT2D eigenvalue weighted by Gasteiger charge is 2.40. The Balaban J connectivity index is 2.55. The maximum atomic E-state index is 14.0. The molecule has 0 spiro atoms. The SMILES string of the molecule is CC(NC(=O)NC(c1ccc(C(F)(F)F)c(F)c1)c1ncccc1C(F)(F)F)C(F)(F)F. The monoisotopic (exact) mass is 477 g/mol. The van der Waals surface area contributed by atoms with Gasteiger partial charge in [0.05, 0.1) is 22.9 Å². The van der Waals surface area contributed by atoms with Crippen molar-refractivity contribution in [2.24, 2.45) is 0 Å². The number of carbonyl (C=O) groups is 1. The minimum absolute atomic E-state index is 0.218. The number of aromatic nitrogens is 1. The van der Waals surface area contributed by atoms with Gasteiger partial charge in [-0.1, -0.05) is 6.07 Å². The maximum absolute atomic E-state index is 14.0. The fraction of sp³-hybridized carbons (Fsp3) is 0.333. The minimum Gasteiger partial charge on any atom is -0.327 e. The molecule has 14 heteroatoms. The molecule has 2 rings (SSSR count). The van der Waals surface area contributed by atoms with Crippen LogP contribution in [0.25, 0.3) is 0 Å². The summed E-state index contributed by atoms with van der Waals surface area (Å²) >= 11 is 0. The summed E-state index contributed by atoms with van der Waals surface area (Å²) in [5, 5.41) is 3.23. The third-order valence-electron chi connectivity index (χ3n) is 4.16. The largest absolute Gasteiger partial charge is 0.419 e. The molecule has 2 N–H and O–H groups in total. The van der Waals surface area contributed by atoms with Crippen molar-refractivity contribution in [2.75, 3.05) is 0 Å². The van der Waals surface area contributed by atoms with E-state index in [1.807, 2.05) is 0 Å². The Bertz CT molecular complexity index is 969. The highest BCUT2D eigenvalue weighted by Crippen LogP contribution is 2.37. The highest BCUT2D eigenvalue weighted by atomic mass is 19.4. The van der Waals surface area contributed by atoms with E-state index in [2.05, 4.69) is 4.98 Å². The van der Waals surface area contributed by atoms with Gasteiger partial charge in [-0.25, -0.2) is 9.18 Å². The fourth-order valence-electron chi connectivity index (χ4n) is 2.59. The normalized spacial score (nSPS) is 14.6. The molecular formula is C18H13F10N3O. The molecule has 0 aliphatic carbocycles. The van der Waals surface area contributed by atoms with Crippen LogP contribution in [0, 0.1) is 5.82 Å². The molecule has 2 amide bonds. The van der Waals surface area contributed by atoms with Gasteiger partial charge in [0, 0.05) is 6.20 Å². The van der Waals surface area contributed by atoms with Gasteiger partial charge in [-0.05, 0) is 36.8 Å². The third-order valence-corrected chi connectivity index (χ3v) is 4.16. The number of pyridine rings is 1. The number of halogens is 10. The fourth-order valence-corrected chi connectivity index (χ4v) is 2.59. The van der Waals surface area contributed by atoms with Gasteiger partial charge in [0.15, 0.2) is 0 Å². The van der Waals surface area contributed by atoms with Crippen LogP contribution in [0.2, 0.25) is 0 Å². The summed E-state index contributed by atoms with van der Waals surface area (Å²) in [6.45, 7) is 0.550. The topological polar surface area (TPSA) is 54.0 Å². The molecule has 4 nitrogen and oxygen atoms in total. The molecule has 0 saturated carbocycles. The van der Waals surface area contributed by atoms with E-state index in [0.717, 1.165) is 12.3 Å². The first-order chi connectivity index (χ1) is 14.5. The van der Waals surface area contributed by atoms with E-state index in [1.54, 1.807) is 5.32 Å². The van der Waals surface area contributed by atoms with E-state index in [9.17, 15) is 48.7 Å². The van der Waals surface area contributed by atoms with E-state index in [4.69, 9.17) is 0 Å². The van der Waals surface area contributed by atoms with Crippen LogP contribution < -0.4 is 10.6 Å². The van der Waals surface area contributed by atoms with Gasteiger partial charge in [-0.3, -0.25) is 4.98 Å². The summed E-state index contributed by atoms with van der Waals surface area (Å²) in [7, 11) is 0. The lowest BCUT2D eigenvalue weighted by atomic mass is 9.97. The first kappa shape index (κ1) is 25.2. The van der Waals surface area contributed by atoms with Crippen LogP contribution in [0.15, 0.2) is 36.5 Å². The Hall–Kier alpha value is -3.06. The zero-order valence-corrected chi connectivity index (χ0v) is 15.8. The lowest BCUT2D eigenvalue weighted by Gasteiger charge is -2.24. The van der Waals surface area contributed by atoms with Crippen molar-refractivity contribution in [1.29, 1.82) is 0 Å². The van der Waals surface area contributed by atoms with E-state index >= 15 is 0 Å². The lowest BCUT2D eigenvalue weighted by molar-refractivity contribution is -0.148. The molecule has 0 fully saturated rings. The first-order valence-corrected chi connectivity index (χ1v) is 8.54. The molecule has 0 aliphatic heterocycles. The second-order valence-electron chi connectivity index (χ2n) is 6.49. The molecule has 0 radical (unpaired) electrons. The molecule has 1 heterocycles. The van der Waals surface area contributed by atoms with Crippen LogP contribution in [-0.2, 0) is 12.4 Å². The number of amides is 2. The Morgan fingerprint density at radius 2 is 1.50 bits per heavy atom. The number of urea groups is 1. The third kappa shape index (κ3) is 6.01. The summed E-state index contributed by atoms with van der Waals surface area (Å²) < 4.78 is 131. The summed E-state index contributed by atoms with van der Waals surface area (Å²) in [4.78, 5) is 15.5. The van der Waals surface area contributed by atoms with Crippen molar-refractivity contribution in [2.45, 2.75) is 37.5 Å². The van der Waals surface area contributed by atoms with Crippen LogP contribution in [-0.4, -0.2) is 23.2 Å². The Morgan fingerprint density at radius 1 is 0.906 bits per heavy atom. The van der Waals surface area contributed by atoms with Crippen LogP contribution >= 0.6 is 0 Å². The van der Waals surface area contributed by atoms with Gasteiger partial charge in [0.1, 0.15) is 11.9 Å². The number of rotatable bonds is 4. The first-order valence-electron chi connectivity index (χ1n) is 8.54. The summed E-state index contributed by atoms with van der Waals surface area (Å²) in [5.41, 5.74) is -4.75. The zero-order valence-electron chi connectivity index (χ0n) is 15.8. The Labute approximate surface area is 173 Å².